The van der Waals surface area contributed by atoms with E-state index in [4.69, 9.17) is 14.6 Å². The summed E-state index contributed by atoms with van der Waals surface area (Å²) in [4.78, 5) is 10.6. The predicted molar refractivity (Wildman–Crippen MR) is 54.7 cm³/mol. The third-order valence-electron chi connectivity index (χ3n) is 1.56. The zero-order chi connectivity index (χ0) is 11.8. The maximum Gasteiger partial charge on any atom is 0.361 e. The van der Waals surface area contributed by atoms with Crippen molar-refractivity contribution in [2.24, 2.45) is 0 Å². The molecule has 0 saturated carbocycles. The topological polar surface area (TPSA) is 94.7 Å². The van der Waals surface area contributed by atoms with Crippen molar-refractivity contribution >= 4 is 17.7 Å². The predicted octanol–water partition coefficient (Wildman–Crippen LogP) is 0.523. The number of aromatic carboxylic acids is 1. The summed E-state index contributed by atoms with van der Waals surface area (Å²) < 4.78 is 14.3. The Bertz CT molecular complexity index is 330. The van der Waals surface area contributed by atoms with Crippen LogP contribution in [0.25, 0.3) is 0 Å². The number of aromatic nitrogens is 2. The molecule has 0 amide bonds. The van der Waals surface area contributed by atoms with Gasteiger partial charge in [-0.2, -0.15) is 0 Å². The highest BCUT2D eigenvalue weighted by molar-refractivity contribution is 7.99. The Morgan fingerprint density at radius 3 is 2.94 bits per heavy atom. The van der Waals surface area contributed by atoms with Crippen molar-refractivity contribution in [2.45, 2.75) is 5.03 Å². The molecular weight excluding hydrogens is 236 g/mol. The van der Waals surface area contributed by atoms with Gasteiger partial charge in [0.15, 0.2) is 5.03 Å². The van der Waals surface area contributed by atoms with Crippen molar-refractivity contribution < 1.29 is 24.0 Å². The number of nitrogens with zero attached hydrogens (tertiary/aromatic N) is 2. The van der Waals surface area contributed by atoms with Crippen molar-refractivity contribution in [3.8, 4) is 0 Å². The molecule has 0 unspecified atom stereocenters. The molecule has 0 saturated heterocycles. The third-order valence-corrected chi connectivity index (χ3v) is 2.47. The first-order valence-corrected chi connectivity index (χ1v) is 5.49. The van der Waals surface area contributed by atoms with Crippen LogP contribution in [-0.2, 0) is 9.47 Å². The molecule has 1 N–H and O–H groups in total. The van der Waals surface area contributed by atoms with Crippen LogP contribution in [-0.4, -0.2) is 54.1 Å². The summed E-state index contributed by atoms with van der Waals surface area (Å²) in [5, 5.41) is 15.7. The molecule has 0 atom stereocenters. The van der Waals surface area contributed by atoms with Gasteiger partial charge in [0, 0.05) is 12.9 Å². The van der Waals surface area contributed by atoms with E-state index in [-0.39, 0.29) is 10.7 Å². The van der Waals surface area contributed by atoms with Crippen LogP contribution in [0.4, 0.5) is 0 Å². The van der Waals surface area contributed by atoms with Crippen LogP contribution in [0.1, 0.15) is 10.5 Å². The monoisotopic (exact) mass is 248 g/mol. The number of methoxy groups -OCH3 is 1. The summed E-state index contributed by atoms with van der Waals surface area (Å²) in [5.74, 6) is -0.567. The maximum atomic E-state index is 10.6. The lowest BCUT2D eigenvalue weighted by atomic mass is 10.5. The summed E-state index contributed by atoms with van der Waals surface area (Å²) in [6.45, 7) is 1.54. The number of ether oxygens (including phenoxy) is 2. The van der Waals surface area contributed by atoms with Crippen molar-refractivity contribution in [3.05, 3.63) is 5.69 Å². The van der Waals surface area contributed by atoms with Crippen LogP contribution >= 0.6 is 11.8 Å². The van der Waals surface area contributed by atoms with Crippen LogP contribution in [0.5, 0.6) is 0 Å². The lowest BCUT2D eigenvalue weighted by Crippen LogP contribution is -2.05. The van der Waals surface area contributed by atoms with Gasteiger partial charge in [0.1, 0.15) is 0 Å². The fourth-order valence-corrected chi connectivity index (χ4v) is 1.59. The Balaban J connectivity index is 2.21. The van der Waals surface area contributed by atoms with Gasteiger partial charge in [-0.1, -0.05) is 11.8 Å². The molecule has 0 spiro atoms. The Hall–Kier alpha value is -1.12. The van der Waals surface area contributed by atoms with Crippen LogP contribution in [0.15, 0.2) is 9.65 Å². The van der Waals surface area contributed by atoms with Crippen LogP contribution in [0.2, 0.25) is 0 Å². The van der Waals surface area contributed by atoms with Crippen molar-refractivity contribution in [1.29, 1.82) is 0 Å². The molecule has 0 aliphatic rings. The first kappa shape index (κ1) is 12.9. The molecule has 8 heteroatoms. The van der Waals surface area contributed by atoms with E-state index in [9.17, 15) is 4.79 Å². The smallest absolute Gasteiger partial charge is 0.361 e. The molecule has 0 aromatic carbocycles. The molecule has 0 bridgehead atoms. The SMILES string of the molecule is COCCOCCSc1nonc1C(=O)O. The van der Waals surface area contributed by atoms with E-state index >= 15 is 0 Å². The summed E-state index contributed by atoms with van der Waals surface area (Å²) in [5.41, 5.74) is -0.165. The maximum absolute atomic E-state index is 10.6. The lowest BCUT2D eigenvalue weighted by molar-refractivity contribution is 0.0682. The van der Waals surface area contributed by atoms with E-state index in [1.54, 1.807) is 7.11 Å². The molecular formula is C8H12N2O5S. The number of carboxylic acids is 1. The zero-order valence-corrected chi connectivity index (χ0v) is 9.53. The van der Waals surface area contributed by atoms with E-state index in [1.165, 1.54) is 11.8 Å². The molecule has 1 aromatic rings. The first-order valence-electron chi connectivity index (χ1n) is 4.51. The fourth-order valence-electron chi connectivity index (χ4n) is 0.847. The van der Waals surface area contributed by atoms with Gasteiger partial charge in [0.2, 0.25) is 5.69 Å². The summed E-state index contributed by atoms with van der Waals surface area (Å²) in [7, 11) is 1.60. The standard InChI is InChI=1S/C8H12N2O5S/c1-13-2-3-14-4-5-16-7-6(8(11)12)9-15-10-7/h2-5H2,1H3,(H,11,12). The third kappa shape index (κ3) is 4.17. The van der Waals surface area contributed by atoms with Crippen molar-refractivity contribution in [3.63, 3.8) is 0 Å². The van der Waals surface area contributed by atoms with E-state index < -0.39 is 5.97 Å². The molecule has 7 nitrogen and oxygen atoms in total. The summed E-state index contributed by atoms with van der Waals surface area (Å²) >= 11 is 1.23. The number of carboxylic acid groups (broad SMARTS) is 1. The number of thioether (sulfide) groups is 1. The van der Waals surface area contributed by atoms with Crippen LogP contribution < -0.4 is 0 Å². The van der Waals surface area contributed by atoms with E-state index in [1.807, 2.05) is 0 Å². The Morgan fingerprint density at radius 2 is 2.25 bits per heavy atom. The van der Waals surface area contributed by atoms with Gasteiger partial charge in [-0.3, -0.25) is 0 Å². The van der Waals surface area contributed by atoms with E-state index in [0.717, 1.165) is 0 Å². The zero-order valence-electron chi connectivity index (χ0n) is 8.71. The first-order chi connectivity index (χ1) is 7.75. The molecule has 0 radical (unpaired) electrons. The minimum atomic E-state index is -1.15. The largest absolute Gasteiger partial charge is 0.476 e. The molecule has 16 heavy (non-hydrogen) atoms. The van der Waals surface area contributed by atoms with Crippen molar-refractivity contribution in [1.82, 2.24) is 10.3 Å². The number of rotatable bonds is 8. The molecule has 90 valence electrons. The van der Waals surface area contributed by atoms with Gasteiger partial charge < -0.3 is 14.6 Å². The van der Waals surface area contributed by atoms with Gasteiger partial charge in [-0.15, -0.1) is 0 Å². The molecule has 0 aliphatic heterocycles. The number of carbonyl (C=O) groups is 1. The highest BCUT2D eigenvalue weighted by Gasteiger charge is 2.17. The second-order valence-corrected chi connectivity index (χ2v) is 3.76. The minimum absolute atomic E-state index is 0.165. The average molecular weight is 248 g/mol. The fraction of sp³-hybridized carbons (Fsp3) is 0.625. The highest BCUT2D eigenvalue weighted by Crippen LogP contribution is 2.18. The van der Waals surface area contributed by atoms with E-state index in [2.05, 4.69) is 14.9 Å². The lowest BCUT2D eigenvalue weighted by Gasteiger charge is -2.01. The molecule has 1 heterocycles. The minimum Gasteiger partial charge on any atom is -0.476 e. The highest BCUT2D eigenvalue weighted by atomic mass is 32.2. The Morgan fingerprint density at radius 1 is 1.44 bits per heavy atom. The van der Waals surface area contributed by atoms with Crippen LogP contribution in [0, 0.1) is 0 Å². The van der Waals surface area contributed by atoms with Gasteiger partial charge in [0.05, 0.1) is 19.8 Å². The molecule has 1 aromatic heterocycles. The molecule has 0 fully saturated rings. The van der Waals surface area contributed by atoms with Gasteiger partial charge >= 0.3 is 5.97 Å². The van der Waals surface area contributed by atoms with E-state index in [0.29, 0.717) is 25.6 Å². The number of hydrogen-bond donors (Lipinski definition) is 1. The van der Waals surface area contributed by atoms with Gasteiger partial charge in [-0.05, 0) is 10.3 Å². The summed E-state index contributed by atoms with van der Waals surface area (Å²) in [6.07, 6.45) is 0. The Labute approximate surface area is 96.1 Å². The molecule has 1 rings (SSSR count). The van der Waals surface area contributed by atoms with Gasteiger partial charge in [-0.25, -0.2) is 9.42 Å². The second-order valence-electron chi connectivity index (χ2n) is 2.68. The quantitative estimate of drug-likeness (QED) is 0.525. The number of hydrogen-bond acceptors (Lipinski definition) is 7. The van der Waals surface area contributed by atoms with Gasteiger partial charge in [0.25, 0.3) is 0 Å². The van der Waals surface area contributed by atoms with Crippen molar-refractivity contribution in [2.75, 3.05) is 32.7 Å². The molecule has 0 aliphatic carbocycles. The normalized spacial score (nSPS) is 10.6. The second kappa shape index (κ2) is 7.20. The summed E-state index contributed by atoms with van der Waals surface area (Å²) in [6, 6.07) is 0. The Kier molecular flexibility index (Phi) is 5.83. The van der Waals surface area contributed by atoms with Crippen LogP contribution in [0.3, 0.4) is 0 Å². The average Bonchev–Trinajstić information content (AvgIpc) is 2.71.